The molecule has 1 aliphatic heterocycles. The second kappa shape index (κ2) is 8.14. The second-order valence-corrected chi connectivity index (χ2v) is 6.27. The van der Waals surface area contributed by atoms with Crippen LogP contribution in [0.25, 0.3) is 0 Å². The Morgan fingerprint density at radius 1 is 1.16 bits per heavy atom. The van der Waals surface area contributed by atoms with Gasteiger partial charge in [-0.05, 0) is 49.6 Å². The van der Waals surface area contributed by atoms with Crippen LogP contribution in [0.2, 0.25) is 0 Å². The number of ether oxygens (including phenoxy) is 2. The average Bonchev–Trinajstić information content (AvgIpc) is 3.12. The van der Waals surface area contributed by atoms with E-state index in [4.69, 9.17) is 15.2 Å². The number of para-hydroxylation sites is 1. The normalized spacial score (nSPS) is 20.9. The first kappa shape index (κ1) is 17.5. The number of nitrogens with two attached hydrogens (primary N) is 1. The summed E-state index contributed by atoms with van der Waals surface area (Å²) < 4.78 is 11.4. The zero-order chi connectivity index (χ0) is 17.6. The van der Waals surface area contributed by atoms with Gasteiger partial charge < -0.3 is 20.5 Å². The highest BCUT2D eigenvalue weighted by Crippen LogP contribution is 2.24. The number of benzene rings is 2. The molecule has 1 amide bonds. The first-order valence-electron chi connectivity index (χ1n) is 8.64. The SMILES string of the molecule is CC(NC(=O)[C@@H]1CC[C@H](CN)O1)c1ccc(Oc2ccccc2)cc1. The molecule has 0 aliphatic carbocycles. The minimum Gasteiger partial charge on any atom is -0.457 e. The topological polar surface area (TPSA) is 73.6 Å². The predicted octanol–water partition coefficient (Wildman–Crippen LogP) is 3.16. The second-order valence-electron chi connectivity index (χ2n) is 6.27. The Balaban J connectivity index is 1.55. The van der Waals surface area contributed by atoms with Crippen molar-refractivity contribution in [2.75, 3.05) is 6.54 Å². The lowest BCUT2D eigenvalue weighted by atomic mass is 10.1. The first-order chi connectivity index (χ1) is 12.2. The van der Waals surface area contributed by atoms with E-state index in [0.717, 1.165) is 29.9 Å². The van der Waals surface area contributed by atoms with Gasteiger partial charge in [0.25, 0.3) is 0 Å². The lowest BCUT2D eigenvalue weighted by Crippen LogP contribution is -2.36. The summed E-state index contributed by atoms with van der Waals surface area (Å²) in [6.07, 6.45) is 1.18. The molecule has 2 aromatic carbocycles. The third kappa shape index (κ3) is 4.59. The summed E-state index contributed by atoms with van der Waals surface area (Å²) in [5.74, 6) is 1.48. The van der Waals surface area contributed by atoms with Crippen molar-refractivity contribution in [3.05, 3.63) is 60.2 Å². The van der Waals surface area contributed by atoms with Crippen LogP contribution in [0, 0.1) is 0 Å². The van der Waals surface area contributed by atoms with E-state index in [-0.39, 0.29) is 18.1 Å². The van der Waals surface area contributed by atoms with Crippen molar-refractivity contribution < 1.29 is 14.3 Å². The number of hydrogen-bond acceptors (Lipinski definition) is 4. The summed E-state index contributed by atoms with van der Waals surface area (Å²) in [4.78, 5) is 12.3. The van der Waals surface area contributed by atoms with Gasteiger partial charge in [-0.3, -0.25) is 4.79 Å². The van der Waals surface area contributed by atoms with Gasteiger partial charge in [0.15, 0.2) is 0 Å². The summed E-state index contributed by atoms with van der Waals surface area (Å²) in [6, 6.07) is 17.3. The van der Waals surface area contributed by atoms with Crippen molar-refractivity contribution >= 4 is 5.91 Å². The molecule has 3 rings (SSSR count). The fraction of sp³-hybridized carbons (Fsp3) is 0.350. The molecule has 1 saturated heterocycles. The summed E-state index contributed by atoms with van der Waals surface area (Å²) in [5, 5.41) is 3.01. The highest BCUT2D eigenvalue weighted by atomic mass is 16.5. The van der Waals surface area contributed by atoms with E-state index in [2.05, 4.69) is 5.32 Å². The van der Waals surface area contributed by atoms with Crippen LogP contribution < -0.4 is 15.8 Å². The molecule has 5 nitrogen and oxygen atoms in total. The molecule has 1 heterocycles. The maximum absolute atomic E-state index is 12.3. The van der Waals surface area contributed by atoms with Crippen LogP contribution >= 0.6 is 0 Å². The molecule has 3 N–H and O–H groups in total. The Bertz CT molecular complexity index is 688. The third-order valence-electron chi connectivity index (χ3n) is 4.38. The minimum atomic E-state index is -0.392. The molecular formula is C20H24N2O3. The summed E-state index contributed by atoms with van der Waals surface area (Å²) in [6.45, 7) is 2.42. The molecule has 5 heteroatoms. The van der Waals surface area contributed by atoms with Crippen molar-refractivity contribution in [2.45, 2.75) is 38.0 Å². The van der Waals surface area contributed by atoms with E-state index in [0.29, 0.717) is 6.54 Å². The molecule has 25 heavy (non-hydrogen) atoms. The van der Waals surface area contributed by atoms with Crippen LogP contribution in [-0.4, -0.2) is 24.7 Å². The zero-order valence-electron chi connectivity index (χ0n) is 14.4. The largest absolute Gasteiger partial charge is 0.457 e. The standard InChI is InChI=1S/C20H24N2O3/c1-14(22-20(23)19-12-11-18(13-21)25-19)15-7-9-17(10-8-15)24-16-5-3-2-4-6-16/h2-10,14,18-19H,11-13,21H2,1H3,(H,22,23)/t14?,18-,19+/m1/s1. The molecule has 2 aromatic rings. The smallest absolute Gasteiger partial charge is 0.249 e. The molecule has 1 aliphatic rings. The lowest BCUT2D eigenvalue weighted by Gasteiger charge is -2.18. The van der Waals surface area contributed by atoms with Gasteiger partial charge in [-0.15, -0.1) is 0 Å². The molecule has 1 fully saturated rings. The van der Waals surface area contributed by atoms with Gasteiger partial charge in [0.1, 0.15) is 17.6 Å². The number of rotatable bonds is 6. The maximum atomic E-state index is 12.3. The predicted molar refractivity (Wildman–Crippen MR) is 96.5 cm³/mol. The molecule has 132 valence electrons. The number of nitrogens with one attached hydrogen (secondary N) is 1. The first-order valence-corrected chi connectivity index (χ1v) is 8.64. The molecule has 0 bridgehead atoms. The average molecular weight is 340 g/mol. The Labute approximate surface area is 148 Å². The fourth-order valence-corrected chi connectivity index (χ4v) is 2.91. The maximum Gasteiger partial charge on any atom is 0.249 e. The molecule has 0 saturated carbocycles. The minimum absolute atomic E-state index is 0.000440. The van der Waals surface area contributed by atoms with E-state index in [1.165, 1.54) is 0 Å². The molecule has 0 radical (unpaired) electrons. The van der Waals surface area contributed by atoms with Gasteiger partial charge >= 0.3 is 0 Å². The Morgan fingerprint density at radius 2 is 1.84 bits per heavy atom. The molecular weight excluding hydrogens is 316 g/mol. The van der Waals surface area contributed by atoms with Crippen LogP contribution in [0.4, 0.5) is 0 Å². The number of carbonyl (C=O) groups excluding carboxylic acids is 1. The van der Waals surface area contributed by atoms with E-state index < -0.39 is 6.10 Å². The summed E-state index contributed by atoms with van der Waals surface area (Å²) in [7, 11) is 0. The van der Waals surface area contributed by atoms with Crippen molar-refractivity contribution in [1.82, 2.24) is 5.32 Å². The van der Waals surface area contributed by atoms with Crippen LogP contribution in [0.3, 0.4) is 0 Å². The fourth-order valence-electron chi connectivity index (χ4n) is 2.91. The van der Waals surface area contributed by atoms with Crippen molar-refractivity contribution in [3.8, 4) is 11.5 Å². The molecule has 1 unspecified atom stereocenters. The third-order valence-corrected chi connectivity index (χ3v) is 4.38. The van der Waals surface area contributed by atoms with E-state index in [9.17, 15) is 4.79 Å². The Hall–Kier alpha value is -2.37. The van der Waals surface area contributed by atoms with Crippen LogP contribution in [0.1, 0.15) is 31.4 Å². The highest BCUT2D eigenvalue weighted by molar-refractivity contribution is 5.81. The van der Waals surface area contributed by atoms with Crippen LogP contribution in [0.5, 0.6) is 11.5 Å². The van der Waals surface area contributed by atoms with Crippen molar-refractivity contribution in [3.63, 3.8) is 0 Å². The summed E-state index contributed by atoms with van der Waals surface area (Å²) in [5.41, 5.74) is 6.61. The van der Waals surface area contributed by atoms with Gasteiger partial charge in [0, 0.05) is 6.54 Å². The van der Waals surface area contributed by atoms with Crippen molar-refractivity contribution in [2.24, 2.45) is 5.73 Å². The van der Waals surface area contributed by atoms with Gasteiger partial charge in [0.05, 0.1) is 12.1 Å². The number of carbonyl (C=O) groups is 1. The van der Waals surface area contributed by atoms with E-state index >= 15 is 0 Å². The molecule has 0 aromatic heterocycles. The number of amides is 1. The van der Waals surface area contributed by atoms with Crippen LogP contribution in [-0.2, 0) is 9.53 Å². The number of hydrogen-bond donors (Lipinski definition) is 2. The van der Waals surface area contributed by atoms with E-state index in [1.807, 2.05) is 61.5 Å². The van der Waals surface area contributed by atoms with Gasteiger partial charge in [-0.25, -0.2) is 0 Å². The van der Waals surface area contributed by atoms with Gasteiger partial charge in [-0.1, -0.05) is 30.3 Å². The van der Waals surface area contributed by atoms with Gasteiger partial charge in [-0.2, -0.15) is 0 Å². The van der Waals surface area contributed by atoms with E-state index in [1.54, 1.807) is 0 Å². The van der Waals surface area contributed by atoms with Gasteiger partial charge in [0.2, 0.25) is 5.91 Å². The van der Waals surface area contributed by atoms with Crippen LogP contribution in [0.15, 0.2) is 54.6 Å². The highest BCUT2D eigenvalue weighted by Gasteiger charge is 2.30. The zero-order valence-corrected chi connectivity index (χ0v) is 14.4. The monoisotopic (exact) mass is 340 g/mol. The lowest BCUT2D eigenvalue weighted by molar-refractivity contribution is -0.132. The Morgan fingerprint density at radius 3 is 2.48 bits per heavy atom. The quantitative estimate of drug-likeness (QED) is 0.847. The molecule has 0 spiro atoms. The molecule has 3 atom stereocenters. The Kier molecular flexibility index (Phi) is 5.68. The summed E-state index contributed by atoms with van der Waals surface area (Å²) >= 11 is 0. The van der Waals surface area contributed by atoms with Crippen molar-refractivity contribution in [1.29, 1.82) is 0 Å².